The van der Waals surface area contributed by atoms with E-state index in [9.17, 15) is 0 Å². The number of thiophene rings is 4. The van der Waals surface area contributed by atoms with Gasteiger partial charge in [-0.25, -0.2) is 0 Å². The van der Waals surface area contributed by atoms with Gasteiger partial charge in [0, 0.05) is 39.6 Å². The average molecular weight is 690 g/mol. The zero-order chi connectivity index (χ0) is 29.5. The second kappa shape index (κ2) is 15.3. The van der Waals surface area contributed by atoms with Crippen LogP contribution in [-0.4, -0.2) is 0 Å². The Balaban J connectivity index is 1.74. The SMILES string of the molecule is CCCCCCc1cc(C(C)(CC)c2ccc(-c3cccs3)s2)sc1-c1cc(CCCCCC)c(C(C)(Br)CC)s1. The number of rotatable bonds is 17. The van der Waals surface area contributed by atoms with Gasteiger partial charge in [-0.05, 0) is 99.2 Å². The van der Waals surface area contributed by atoms with Gasteiger partial charge in [0.2, 0.25) is 0 Å². The third-order valence-corrected chi connectivity index (χ3v) is 15.4. The van der Waals surface area contributed by atoms with E-state index in [0.29, 0.717) is 0 Å². The summed E-state index contributed by atoms with van der Waals surface area (Å²) in [5.74, 6) is 0. The van der Waals surface area contributed by atoms with Crippen LogP contribution >= 0.6 is 61.3 Å². The fourth-order valence-electron chi connectivity index (χ4n) is 5.56. The van der Waals surface area contributed by atoms with Gasteiger partial charge in [-0.3, -0.25) is 0 Å². The van der Waals surface area contributed by atoms with Crippen molar-refractivity contribution in [1.29, 1.82) is 0 Å². The van der Waals surface area contributed by atoms with Gasteiger partial charge in [0.15, 0.2) is 0 Å². The fourth-order valence-corrected chi connectivity index (χ4v) is 11.1. The molecular formula is C36H49BrS4. The third kappa shape index (κ3) is 7.87. The summed E-state index contributed by atoms with van der Waals surface area (Å²) in [4.78, 5) is 10.4. The van der Waals surface area contributed by atoms with Crippen molar-refractivity contribution < 1.29 is 0 Å². The summed E-state index contributed by atoms with van der Waals surface area (Å²) >= 11 is 12.1. The quantitative estimate of drug-likeness (QED) is 0.0765. The van der Waals surface area contributed by atoms with Gasteiger partial charge < -0.3 is 0 Å². The second-order valence-corrected chi connectivity index (χ2v) is 17.8. The van der Waals surface area contributed by atoms with Crippen LogP contribution in [0.3, 0.4) is 0 Å². The van der Waals surface area contributed by atoms with Gasteiger partial charge in [0.05, 0.1) is 4.32 Å². The lowest BCUT2D eigenvalue weighted by Gasteiger charge is -2.26. The molecule has 224 valence electrons. The first-order chi connectivity index (χ1) is 19.8. The molecule has 0 aliphatic heterocycles. The molecule has 2 unspecified atom stereocenters. The molecule has 0 bridgehead atoms. The van der Waals surface area contributed by atoms with Crippen molar-refractivity contribution in [2.75, 3.05) is 0 Å². The van der Waals surface area contributed by atoms with Gasteiger partial charge in [0.25, 0.3) is 0 Å². The Morgan fingerprint density at radius 1 is 0.659 bits per heavy atom. The molecule has 0 fully saturated rings. The van der Waals surface area contributed by atoms with E-state index in [2.05, 4.69) is 122 Å². The highest BCUT2D eigenvalue weighted by molar-refractivity contribution is 9.09. The monoisotopic (exact) mass is 688 g/mol. The van der Waals surface area contributed by atoms with Crippen molar-refractivity contribution in [2.24, 2.45) is 0 Å². The largest absolute Gasteiger partial charge is 0.143 e. The first-order valence-corrected chi connectivity index (χ1v) is 20.0. The van der Waals surface area contributed by atoms with E-state index in [1.165, 1.54) is 93.5 Å². The summed E-state index contributed by atoms with van der Waals surface area (Å²) in [5.41, 5.74) is 3.19. The van der Waals surface area contributed by atoms with Crippen LogP contribution in [0.25, 0.3) is 19.5 Å². The van der Waals surface area contributed by atoms with Crippen LogP contribution in [0.5, 0.6) is 0 Å². The van der Waals surface area contributed by atoms with Gasteiger partial charge in [0.1, 0.15) is 0 Å². The maximum Gasteiger partial charge on any atom is 0.0571 e. The third-order valence-electron chi connectivity index (χ3n) is 8.74. The minimum atomic E-state index is 0.0394. The van der Waals surface area contributed by atoms with Gasteiger partial charge in [-0.1, -0.05) is 88.2 Å². The molecule has 4 aromatic rings. The molecule has 0 aliphatic carbocycles. The van der Waals surface area contributed by atoms with Crippen molar-refractivity contribution >= 4 is 61.3 Å². The normalized spacial score (nSPS) is 14.8. The lowest BCUT2D eigenvalue weighted by Crippen LogP contribution is -2.19. The average Bonchev–Trinajstić information content (AvgIpc) is 3.79. The lowest BCUT2D eigenvalue weighted by molar-refractivity contribution is 0.572. The summed E-state index contributed by atoms with van der Waals surface area (Å²) in [6.07, 6.45) is 15.1. The molecule has 0 saturated heterocycles. The fraction of sp³-hybridized carbons (Fsp3) is 0.556. The number of unbranched alkanes of at least 4 members (excludes halogenated alkanes) is 6. The second-order valence-electron chi connectivity index (χ2n) is 11.9. The van der Waals surface area contributed by atoms with E-state index in [4.69, 9.17) is 0 Å². The van der Waals surface area contributed by atoms with E-state index in [0.717, 1.165) is 12.8 Å². The van der Waals surface area contributed by atoms with Crippen LogP contribution in [0.2, 0.25) is 0 Å². The topological polar surface area (TPSA) is 0 Å². The van der Waals surface area contributed by atoms with E-state index in [-0.39, 0.29) is 9.74 Å². The Morgan fingerprint density at radius 2 is 1.37 bits per heavy atom. The summed E-state index contributed by atoms with van der Waals surface area (Å²) in [5, 5.41) is 2.19. The van der Waals surface area contributed by atoms with E-state index >= 15 is 0 Å². The molecule has 2 atom stereocenters. The Labute approximate surface area is 274 Å². The van der Waals surface area contributed by atoms with Crippen molar-refractivity contribution in [3.8, 4) is 19.5 Å². The molecule has 4 heterocycles. The molecule has 0 N–H and O–H groups in total. The number of halogens is 1. The van der Waals surface area contributed by atoms with Gasteiger partial charge in [-0.15, -0.1) is 45.3 Å². The summed E-state index contributed by atoms with van der Waals surface area (Å²) in [7, 11) is 0. The van der Waals surface area contributed by atoms with Crippen LogP contribution in [-0.2, 0) is 22.6 Å². The van der Waals surface area contributed by atoms with Gasteiger partial charge in [-0.2, -0.15) is 0 Å². The number of alkyl halides is 1. The lowest BCUT2D eigenvalue weighted by atomic mass is 9.83. The molecule has 4 rings (SSSR count). The molecule has 0 aromatic carbocycles. The summed E-state index contributed by atoms with van der Waals surface area (Å²) < 4.78 is 0.0461. The minimum absolute atomic E-state index is 0.0394. The molecule has 4 aromatic heterocycles. The highest BCUT2D eigenvalue weighted by Crippen LogP contribution is 2.51. The van der Waals surface area contributed by atoms with Crippen molar-refractivity contribution in [3.63, 3.8) is 0 Å². The van der Waals surface area contributed by atoms with Crippen LogP contribution < -0.4 is 0 Å². The van der Waals surface area contributed by atoms with Gasteiger partial charge >= 0.3 is 0 Å². The highest BCUT2D eigenvalue weighted by Gasteiger charge is 2.33. The standard InChI is InChI=1S/C36H49BrS4/c1-7-11-13-15-18-26-25-32(35(5,9-3)31-22-21-29(39-31)28-20-17-23-38-28)41-33(26)30-24-27(19-16-14-12-8-2)34(40-30)36(6,37)10-4/h17,20-25H,7-16,18-19H2,1-6H3. The Bertz CT molecular complexity index is 1340. The molecular weight excluding hydrogens is 641 g/mol. The molecule has 5 heteroatoms. The van der Waals surface area contributed by atoms with Crippen molar-refractivity contribution in [2.45, 2.75) is 128 Å². The van der Waals surface area contributed by atoms with Crippen LogP contribution in [0.4, 0.5) is 0 Å². The highest BCUT2D eigenvalue weighted by atomic mass is 79.9. The molecule has 0 radical (unpaired) electrons. The predicted octanol–water partition coefficient (Wildman–Crippen LogP) is 14.2. The first-order valence-electron chi connectivity index (χ1n) is 15.9. The summed E-state index contributed by atoms with van der Waals surface area (Å²) in [6.45, 7) is 14.2. The number of hydrogen-bond acceptors (Lipinski definition) is 4. The Morgan fingerprint density at radius 3 is 1.98 bits per heavy atom. The number of hydrogen-bond donors (Lipinski definition) is 0. The minimum Gasteiger partial charge on any atom is -0.143 e. The van der Waals surface area contributed by atoms with E-state index in [1.54, 1.807) is 16.0 Å². The van der Waals surface area contributed by atoms with Crippen LogP contribution in [0.1, 0.15) is 132 Å². The Kier molecular flexibility index (Phi) is 12.4. The molecule has 0 aliphatic rings. The molecule has 0 amide bonds. The zero-order valence-corrected chi connectivity index (χ0v) is 30.9. The predicted molar refractivity (Wildman–Crippen MR) is 194 cm³/mol. The molecule has 0 nitrogen and oxygen atoms in total. The molecule has 0 saturated carbocycles. The smallest absolute Gasteiger partial charge is 0.0571 e. The maximum absolute atomic E-state index is 4.14. The molecule has 41 heavy (non-hydrogen) atoms. The Hall–Kier alpha value is -0.720. The van der Waals surface area contributed by atoms with Crippen LogP contribution in [0, 0.1) is 0 Å². The van der Waals surface area contributed by atoms with Crippen LogP contribution in [0.15, 0.2) is 41.8 Å². The van der Waals surface area contributed by atoms with Crippen molar-refractivity contribution in [1.82, 2.24) is 0 Å². The summed E-state index contributed by atoms with van der Waals surface area (Å²) in [6, 6.07) is 14.3. The molecule has 0 spiro atoms. The zero-order valence-electron chi connectivity index (χ0n) is 26.0. The van der Waals surface area contributed by atoms with E-state index in [1.807, 2.05) is 22.7 Å². The number of aryl methyl sites for hydroxylation is 2. The van der Waals surface area contributed by atoms with E-state index < -0.39 is 0 Å². The van der Waals surface area contributed by atoms with Crippen molar-refractivity contribution in [3.05, 3.63) is 67.5 Å². The first kappa shape index (κ1) is 33.2. The maximum atomic E-state index is 4.14.